The lowest BCUT2D eigenvalue weighted by atomic mass is 9.86. The van der Waals surface area contributed by atoms with E-state index in [0.717, 1.165) is 36.3 Å². The van der Waals surface area contributed by atoms with Crippen LogP contribution >= 0.6 is 0 Å². The van der Waals surface area contributed by atoms with Crippen LogP contribution in [0.4, 0.5) is 5.82 Å². The number of anilines is 1. The zero-order valence-electron chi connectivity index (χ0n) is 18.3. The van der Waals surface area contributed by atoms with Crippen LogP contribution < -0.4 is 20.7 Å². The third-order valence-electron chi connectivity index (χ3n) is 6.05. The Balaban J connectivity index is 1.34. The van der Waals surface area contributed by atoms with Gasteiger partial charge in [0.25, 0.3) is 0 Å². The van der Waals surface area contributed by atoms with Gasteiger partial charge in [0.1, 0.15) is 17.2 Å². The molecule has 1 saturated carbocycles. The first-order valence-electron chi connectivity index (χ1n) is 11.1. The monoisotopic (exact) mass is 421 g/mol. The van der Waals surface area contributed by atoms with Crippen molar-refractivity contribution < 1.29 is 9.53 Å². The lowest BCUT2D eigenvalue weighted by Gasteiger charge is -2.40. The molecule has 7 heteroatoms. The molecule has 1 aromatic carbocycles. The maximum absolute atomic E-state index is 12.2. The van der Waals surface area contributed by atoms with E-state index in [2.05, 4.69) is 38.1 Å². The van der Waals surface area contributed by atoms with Crippen molar-refractivity contribution in [1.29, 1.82) is 0 Å². The molecule has 1 atom stereocenters. The zero-order chi connectivity index (χ0) is 21.7. The van der Waals surface area contributed by atoms with Crippen molar-refractivity contribution in [2.24, 2.45) is 4.99 Å². The van der Waals surface area contributed by atoms with Gasteiger partial charge in [-0.05, 0) is 50.8 Å². The predicted octanol–water partition coefficient (Wildman–Crippen LogP) is 3.72. The third kappa shape index (κ3) is 5.16. The van der Waals surface area contributed by atoms with Gasteiger partial charge in [0.05, 0.1) is 6.04 Å². The van der Waals surface area contributed by atoms with Gasteiger partial charge in [-0.3, -0.25) is 9.79 Å². The average Bonchev–Trinajstić information content (AvgIpc) is 3.20. The van der Waals surface area contributed by atoms with Gasteiger partial charge in [-0.2, -0.15) is 0 Å². The lowest BCUT2D eigenvalue weighted by molar-refractivity contribution is -0.116. The SMILES string of the molecule is CN=C(NCCC(=O)Nc1cccc(C)n1)NC1CC2(CCCC2)Oc2ccccc21. The topological polar surface area (TPSA) is 87.6 Å². The molecule has 4 rings (SSSR count). The fourth-order valence-electron chi connectivity index (χ4n) is 4.54. The summed E-state index contributed by atoms with van der Waals surface area (Å²) in [7, 11) is 1.75. The Bertz CT molecular complexity index is 952. The van der Waals surface area contributed by atoms with E-state index in [4.69, 9.17) is 4.74 Å². The van der Waals surface area contributed by atoms with Crippen molar-refractivity contribution in [1.82, 2.24) is 15.6 Å². The summed E-state index contributed by atoms with van der Waals surface area (Å²) in [5.41, 5.74) is 1.95. The number of aryl methyl sites for hydroxylation is 1. The van der Waals surface area contributed by atoms with E-state index in [0.29, 0.717) is 24.7 Å². The fourth-order valence-corrected chi connectivity index (χ4v) is 4.54. The molecule has 0 bridgehead atoms. The Morgan fingerprint density at radius 3 is 2.77 bits per heavy atom. The van der Waals surface area contributed by atoms with Crippen LogP contribution in [0.3, 0.4) is 0 Å². The first-order valence-corrected chi connectivity index (χ1v) is 11.1. The summed E-state index contributed by atoms with van der Waals surface area (Å²) in [4.78, 5) is 20.9. The molecule has 2 aromatic rings. The van der Waals surface area contributed by atoms with Crippen LogP contribution in [0.2, 0.25) is 0 Å². The van der Waals surface area contributed by atoms with Crippen LogP contribution in [0.1, 0.15) is 55.8 Å². The summed E-state index contributed by atoms with van der Waals surface area (Å²) in [6.07, 6.45) is 5.87. The molecule has 1 aliphatic heterocycles. The Morgan fingerprint density at radius 2 is 2.00 bits per heavy atom. The molecule has 1 fully saturated rings. The molecule has 1 unspecified atom stereocenters. The van der Waals surface area contributed by atoms with Crippen LogP contribution in [-0.4, -0.2) is 36.0 Å². The maximum Gasteiger partial charge on any atom is 0.227 e. The zero-order valence-corrected chi connectivity index (χ0v) is 18.3. The molecule has 0 radical (unpaired) electrons. The number of ether oxygens (including phenoxy) is 1. The van der Waals surface area contributed by atoms with Gasteiger partial charge in [-0.1, -0.05) is 24.3 Å². The molecular formula is C24H31N5O2. The highest BCUT2D eigenvalue weighted by molar-refractivity contribution is 5.90. The summed E-state index contributed by atoms with van der Waals surface area (Å²) in [5.74, 6) is 2.15. The van der Waals surface area contributed by atoms with E-state index in [1.165, 1.54) is 12.8 Å². The first kappa shape index (κ1) is 21.2. The summed E-state index contributed by atoms with van der Waals surface area (Å²) < 4.78 is 6.44. The Kier molecular flexibility index (Phi) is 6.39. The largest absolute Gasteiger partial charge is 0.487 e. The van der Waals surface area contributed by atoms with E-state index >= 15 is 0 Å². The lowest BCUT2D eigenvalue weighted by Crippen LogP contribution is -2.47. The average molecular weight is 422 g/mol. The minimum absolute atomic E-state index is 0.0778. The number of fused-ring (bicyclic) bond motifs is 1. The van der Waals surface area contributed by atoms with Gasteiger partial charge >= 0.3 is 0 Å². The minimum Gasteiger partial charge on any atom is -0.487 e. The second-order valence-electron chi connectivity index (χ2n) is 8.39. The number of rotatable bonds is 5. The second-order valence-corrected chi connectivity index (χ2v) is 8.39. The van der Waals surface area contributed by atoms with E-state index in [-0.39, 0.29) is 17.6 Å². The minimum atomic E-state index is -0.0811. The van der Waals surface area contributed by atoms with Crippen LogP contribution in [0.25, 0.3) is 0 Å². The van der Waals surface area contributed by atoms with Gasteiger partial charge in [-0.25, -0.2) is 4.98 Å². The fraction of sp³-hybridized carbons (Fsp3) is 0.458. The van der Waals surface area contributed by atoms with Crippen molar-refractivity contribution in [3.05, 3.63) is 53.7 Å². The number of carbonyl (C=O) groups excluding carboxylic acids is 1. The number of hydrogen-bond acceptors (Lipinski definition) is 4. The summed E-state index contributed by atoms with van der Waals surface area (Å²) in [5, 5.41) is 9.67. The van der Waals surface area contributed by atoms with Crippen molar-refractivity contribution in [3.63, 3.8) is 0 Å². The van der Waals surface area contributed by atoms with E-state index in [1.807, 2.05) is 31.2 Å². The van der Waals surface area contributed by atoms with Crippen LogP contribution in [0.15, 0.2) is 47.5 Å². The number of guanidine groups is 1. The number of aromatic nitrogens is 1. The van der Waals surface area contributed by atoms with Crippen molar-refractivity contribution >= 4 is 17.7 Å². The van der Waals surface area contributed by atoms with Crippen molar-refractivity contribution in [2.75, 3.05) is 18.9 Å². The normalized spacial score (nSPS) is 19.4. The number of nitrogens with zero attached hydrogens (tertiary/aromatic N) is 2. The first-order chi connectivity index (χ1) is 15.1. The number of aliphatic imine (C=N–C) groups is 1. The number of hydrogen-bond donors (Lipinski definition) is 3. The van der Waals surface area contributed by atoms with Crippen LogP contribution in [0.5, 0.6) is 5.75 Å². The van der Waals surface area contributed by atoms with Gasteiger partial charge in [-0.15, -0.1) is 0 Å². The Labute approximate surface area is 183 Å². The summed E-state index contributed by atoms with van der Waals surface area (Å²) in [6, 6.07) is 13.9. The standard InChI is InChI=1S/C24H31N5O2/c1-17-8-7-11-21(27-17)29-22(30)12-15-26-23(25-2)28-19-16-24(13-5-6-14-24)31-20-10-4-3-9-18(19)20/h3-4,7-11,19H,5-6,12-16H2,1-2H3,(H2,25,26,28)(H,27,29,30). The molecule has 2 heterocycles. The highest BCUT2D eigenvalue weighted by atomic mass is 16.5. The van der Waals surface area contributed by atoms with E-state index in [9.17, 15) is 4.79 Å². The number of nitrogens with one attached hydrogen (secondary N) is 3. The quantitative estimate of drug-likeness (QED) is 0.506. The van der Waals surface area contributed by atoms with E-state index < -0.39 is 0 Å². The van der Waals surface area contributed by atoms with Gasteiger partial charge < -0.3 is 20.7 Å². The molecule has 1 aromatic heterocycles. The van der Waals surface area contributed by atoms with Crippen LogP contribution in [0, 0.1) is 6.92 Å². The molecule has 1 spiro atoms. The summed E-state index contributed by atoms with van der Waals surface area (Å²) >= 11 is 0. The second kappa shape index (κ2) is 9.37. The molecule has 1 aliphatic carbocycles. The molecule has 1 amide bonds. The van der Waals surface area contributed by atoms with E-state index in [1.54, 1.807) is 13.1 Å². The van der Waals surface area contributed by atoms with Gasteiger partial charge in [0.15, 0.2) is 5.96 Å². The molecule has 7 nitrogen and oxygen atoms in total. The Morgan fingerprint density at radius 1 is 1.19 bits per heavy atom. The third-order valence-corrected chi connectivity index (χ3v) is 6.05. The molecule has 2 aliphatic rings. The predicted molar refractivity (Wildman–Crippen MR) is 122 cm³/mol. The summed E-state index contributed by atoms with van der Waals surface area (Å²) in [6.45, 7) is 2.38. The van der Waals surface area contributed by atoms with Crippen LogP contribution in [-0.2, 0) is 4.79 Å². The van der Waals surface area contributed by atoms with Gasteiger partial charge in [0.2, 0.25) is 5.91 Å². The smallest absolute Gasteiger partial charge is 0.227 e. The number of para-hydroxylation sites is 1. The molecule has 3 N–H and O–H groups in total. The number of benzene rings is 1. The number of amides is 1. The maximum atomic E-state index is 12.2. The molecule has 31 heavy (non-hydrogen) atoms. The van der Waals surface area contributed by atoms with Gasteiger partial charge in [0, 0.05) is 37.7 Å². The van der Waals surface area contributed by atoms with Crippen molar-refractivity contribution in [3.8, 4) is 5.75 Å². The molecule has 164 valence electrons. The number of pyridine rings is 1. The highest BCUT2D eigenvalue weighted by Crippen LogP contribution is 2.46. The molecule has 0 saturated heterocycles. The van der Waals surface area contributed by atoms with Crippen molar-refractivity contribution in [2.45, 2.75) is 57.1 Å². The number of carbonyl (C=O) groups is 1. The molecular weight excluding hydrogens is 390 g/mol. The Hall–Kier alpha value is -3.09. The highest BCUT2D eigenvalue weighted by Gasteiger charge is 2.43.